The second-order valence-electron chi connectivity index (χ2n) is 7.71. The molecule has 1 aromatic heterocycles. The molecule has 1 aromatic rings. The van der Waals surface area contributed by atoms with Crippen LogP contribution in [-0.4, -0.2) is 57.7 Å². The normalized spacial score (nSPS) is 22.8. The molecule has 2 aliphatic rings. The van der Waals surface area contributed by atoms with Crippen molar-refractivity contribution < 1.29 is 9.53 Å². The number of rotatable bonds is 4. The second-order valence-corrected chi connectivity index (χ2v) is 7.71. The van der Waals surface area contributed by atoms with Gasteiger partial charge in [0, 0.05) is 38.9 Å². The maximum atomic E-state index is 12.3. The zero-order valence-corrected chi connectivity index (χ0v) is 15.7. The van der Waals surface area contributed by atoms with Crippen molar-refractivity contribution in [1.82, 2.24) is 19.8 Å². The van der Waals surface area contributed by atoms with Crippen molar-refractivity contribution in [3.05, 3.63) is 32.6 Å². The number of amides is 1. The summed E-state index contributed by atoms with van der Waals surface area (Å²) in [6.45, 7) is 6.89. The predicted molar refractivity (Wildman–Crippen MR) is 97.4 cm³/mol. The van der Waals surface area contributed by atoms with Gasteiger partial charge in [-0.1, -0.05) is 0 Å². The number of carbonyl (C=O) groups is 1. The topological polar surface area (TPSA) is 96.4 Å². The van der Waals surface area contributed by atoms with Crippen LogP contribution in [0.3, 0.4) is 0 Å². The summed E-state index contributed by atoms with van der Waals surface area (Å²) >= 11 is 0. The lowest BCUT2D eigenvalue weighted by Gasteiger charge is -2.40. The maximum Gasteiger partial charge on any atom is 0.328 e. The van der Waals surface area contributed by atoms with Crippen molar-refractivity contribution in [2.24, 2.45) is 7.05 Å². The second kappa shape index (κ2) is 7.36. The van der Waals surface area contributed by atoms with Crippen molar-refractivity contribution in [3.8, 4) is 0 Å². The number of nitrogens with zero attached hydrogens (tertiary/aromatic N) is 2. The number of nitrogens with one attached hydrogen (secondary N) is 2. The smallest absolute Gasteiger partial charge is 0.328 e. The monoisotopic (exact) mass is 364 g/mol. The van der Waals surface area contributed by atoms with Gasteiger partial charge in [0.05, 0.1) is 11.7 Å². The van der Waals surface area contributed by atoms with Gasteiger partial charge in [-0.3, -0.25) is 14.6 Å². The number of piperidine rings is 1. The number of H-pyrrole nitrogens is 1. The van der Waals surface area contributed by atoms with Gasteiger partial charge in [0.25, 0.3) is 11.5 Å². The van der Waals surface area contributed by atoms with Crippen LogP contribution in [0.1, 0.15) is 49.9 Å². The van der Waals surface area contributed by atoms with Crippen LogP contribution in [0, 0.1) is 0 Å². The largest absolute Gasteiger partial charge is 0.370 e. The number of hydrogen-bond donors (Lipinski definition) is 2. The minimum absolute atomic E-state index is 0.0313. The fourth-order valence-corrected chi connectivity index (χ4v) is 3.88. The Kier molecular flexibility index (Phi) is 5.34. The molecule has 2 saturated heterocycles. The molecule has 8 heteroatoms. The number of likely N-dealkylation sites (tertiary alicyclic amines) is 1. The lowest BCUT2D eigenvalue weighted by Crippen LogP contribution is -2.47. The Bertz CT molecular complexity index is 774. The first-order chi connectivity index (χ1) is 12.3. The average Bonchev–Trinajstić information content (AvgIpc) is 2.99. The SMILES string of the molecule is CC(C)N1CCC2(CC[C@@H](CNC(=O)c3cn(C)c(=O)[nH]c3=O)O2)CC1. The highest BCUT2D eigenvalue weighted by molar-refractivity contribution is 5.93. The van der Waals surface area contributed by atoms with Gasteiger partial charge in [-0.15, -0.1) is 0 Å². The van der Waals surface area contributed by atoms with Gasteiger partial charge in [0.15, 0.2) is 0 Å². The fourth-order valence-electron chi connectivity index (χ4n) is 3.88. The summed E-state index contributed by atoms with van der Waals surface area (Å²) in [6, 6.07) is 0.559. The number of ether oxygens (including phenoxy) is 1. The highest BCUT2D eigenvalue weighted by Crippen LogP contribution is 2.39. The molecule has 1 spiro atoms. The summed E-state index contributed by atoms with van der Waals surface area (Å²) in [5.41, 5.74) is -1.34. The van der Waals surface area contributed by atoms with E-state index in [9.17, 15) is 14.4 Å². The predicted octanol–water partition coefficient (Wildman–Crippen LogP) is 0.225. The van der Waals surface area contributed by atoms with Gasteiger partial charge in [-0.05, 0) is 39.5 Å². The molecule has 0 aromatic carbocycles. The van der Waals surface area contributed by atoms with Crippen LogP contribution < -0.4 is 16.6 Å². The third kappa shape index (κ3) is 3.91. The van der Waals surface area contributed by atoms with Crippen molar-refractivity contribution in [3.63, 3.8) is 0 Å². The number of aromatic nitrogens is 2. The van der Waals surface area contributed by atoms with Crippen LogP contribution >= 0.6 is 0 Å². The van der Waals surface area contributed by atoms with Crippen LogP contribution in [0.4, 0.5) is 0 Å². The molecule has 144 valence electrons. The van der Waals surface area contributed by atoms with E-state index >= 15 is 0 Å². The third-order valence-electron chi connectivity index (χ3n) is 5.62. The van der Waals surface area contributed by atoms with Crippen LogP contribution in [0.25, 0.3) is 0 Å². The molecule has 0 aliphatic carbocycles. The minimum Gasteiger partial charge on any atom is -0.370 e. The summed E-state index contributed by atoms with van der Waals surface area (Å²) in [5.74, 6) is -0.485. The van der Waals surface area contributed by atoms with E-state index in [2.05, 4.69) is 29.0 Å². The number of aromatic amines is 1. The van der Waals surface area contributed by atoms with E-state index in [0.29, 0.717) is 12.6 Å². The molecule has 3 rings (SSSR count). The Hall–Kier alpha value is -1.93. The summed E-state index contributed by atoms with van der Waals surface area (Å²) in [7, 11) is 1.49. The number of aryl methyl sites for hydroxylation is 1. The quantitative estimate of drug-likeness (QED) is 0.797. The fraction of sp³-hybridized carbons (Fsp3) is 0.722. The molecule has 0 radical (unpaired) electrons. The van der Waals surface area contributed by atoms with Crippen molar-refractivity contribution in [1.29, 1.82) is 0 Å². The van der Waals surface area contributed by atoms with E-state index in [1.807, 2.05) is 0 Å². The number of carbonyl (C=O) groups excluding carboxylic acids is 1. The molecule has 1 atom stereocenters. The Morgan fingerprint density at radius 3 is 2.69 bits per heavy atom. The number of hydrogen-bond acceptors (Lipinski definition) is 5. The molecule has 1 amide bonds. The first-order valence-corrected chi connectivity index (χ1v) is 9.30. The van der Waals surface area contributed by atoms with Gasteiger partial charge in [0.2, 0.25) is 0 Å². The molecule has 0 saturated carbocycles. The maximum absolute atomic E-state index is 12.3. The summed E-state index contributed by atoms with van der Waals surface area (Å²) in [4.78, 5) is 40.0. The molecule has 8 nitrogen and oxygen atoms in total. The van der Waals surface area contributed by atoms with Gasteiger partial charge < -0.3 is 19.5 Å². The van der Waals surface area contributed by atoms with Crippen LogP contribution in [0.15, 0.2) is 15.8 Å². The Labute approximate surface area is 152 Å². The van der Waals surface area contributed by atoms with E-state index in [1.54, 1.807) is 0 Å². The van der Waals surface area contributed by atoms with Crippen LogP contribution in [0.5, 0.6) is 0 Å². The zero-order valence-electron chi connectivity index (χ0n) is 15.7. The minimum atomic E-state index is -0.671. The molecule has 26 heavy (non-hydrogen) atoms. The molecule has 2 aliphatic heterocycles. The summed E-state index contributed by atoms with van der Waals surface area (Å²) < 4.78 is 7.48. The standard InChI is InChI=1S/C18H28N4O4/c1-12(2)22-8-6-18(7-9-22)5-4-13(26-18)10-19-15(23)14-11-21(3)17(25)20-16(14)24/h11-13H,4-10H2,1-3H3,(H,19,23)(H,20,24,25)/t13-/m0/s1. The Balaban J connectivity index is 1.54. The van der Waals surface area contributed by atoms with E-state index in [4.69, 9.17) is 4.74 Å². The highest BCUT2D eigenvalue weighted by Gasteiger charge is 2.42. The molecule has 2 N–H and O–H groups in total. The molecule has 0 unspecified atom stereocenters. The van der Waals surface area contributed by atoms with Crippen molar-refractivity contribution >= 4 is 5.91 Å². The Morgan fingerprint density at radius 2 is 2.04 bits per heavy atom. The van der Waals surface area contributed by atoms with Gasteiger partial charge in [0.1, 0.15) is 5.56 Å². The van der Waals surface area contributed by atoms with Gasteiger partial charge in [-0.25, -0.2) is 4.79 Å². The van der Waals surface area contributed by atoms with E-state index in [0.717, 1.165) is 38.8 Å². The summed E-state index contributed by atoms with van der Waals surface area (Å²) in [6.07, 6.45) is 5.20. The van der Waals surface area contributed by atoms with Gasteiger partial charge >= 0.3 is 5.69 Å². The molecular formula is C18H28N4O4. The highest BCUT2D eigenvalue weighted by atomic mass is 16.5. The van der Waals surface area contributed by atoms with E-state index < -0.39 is 17.2 Å². The molecular weight excluding hydrogens is 336 g/mol. The van der Waals surface area contributed by atoms with Crippen LogP contribution in [0.2, 0.25) is 0 Å². The van der Waals surface area contributed by atoms with E-state index in [1.165, 1.54) is 17.8 Å². The lowest BCUT2D eigenvalue weighted by molar-refractivity contribution is -0.0788. The van der Waals surface area contributed by atoms with Crippen molar-refractivity contribution in [2.45, 2.75) is 57.3 Å². The zero-order chi connectivity index (χ0) is 18.9. The Morgan fingerprint density at radius 1 is 1.35 bits per heavy atom. The molecule has 0 bridgehead atoms. The van der Waals surface area contributed by atoms with E-state index in [-0.39, 0.29) is 17.3 Å². The van der Waals surface area contributed by atoms with Crippen LogP contribution in [-0.2, 0) is 11.8 Å². The van der Waals surface area contributed by atoms with Gasteiger partial charge in [-0.2, -0.15) is 0 Å². The first-order valence-electron chi connectivity index (χ1n) is 9.30. The average molecular weight is 364 g/mol. The van der Waals surface area contributed by atoms with Crippen molar-refractivity contribution in [2.75, 3.05) is 19.6 Å². The molecule has 2 fully saturated rings. The lowest BCUT2D eigenvalue weighted by atomic mass is 9.88. The summed E-state index contributed by atoms with van der Waals surface area (Å²) in [5, 5.41) is 2.77. The first kappa shape index (κ1) is 18.8. The molecule has 3 heterocycles. The third-order valence-corrected chi connectivity index (χ3v) is 5.62.